The standard InChI is InChI=1S/C24H25N3O6S/c1-16-23(22(33-26-16)11-10-21-9-5-13-32-21)34(30,31)27-12-4-7-19(15-27)24(29)25-20-8-3-6-18(14-20)17(2)28/h3,5-6,8-11,13-14,19H,4,7,12,15H2,1-2H3,(H,25,29)/b11-10+/t19-/m0/s1. The Labute approximate surface area is 197 Å². The first-order chi connectivity index (χ1) is 16.3. The Morgan fingerprint density at radius 2 is 2.03 bits per heavy atom. The number of Topliss-reactive ketones (excluding diaryl/α,β-unsaturated/α-hetero) is 1. The van der Waals surface area contributed by atoms with E-state index in [1.165, 1.54) is 23.6 Å². The molecule has 1 saturated heterocycles. The molecule has 0 unspecified atom stereocenters. The number of carbonyl (C=O) groups is 2. The fourth-order valence-corrected chi connectivity index (χ4v) is 5.68. The summed E-state index contributed by atoms with van der Waals surface area (Å²) in [7, 11) is -3.96. The summed E-state index contributed by atoms with van der Waals surface area (Å²) in [6.45, 7) is 3.34. The number of sulfonamides is 1. The first-order valence-corrected chi connectivity index (χ1v) is 12.3. The Bertz CT molecular complexity index is 1320. The van der Waals surface area contributed by atoms with Gasteiger partial charge in [-0.25, -0.2) is 8.42 Å². The van der Waals surface area contributed by atoms with Crippen molar-refractivity contribution in [3.8, 4) is 0 Å². The SMILES string of the molecule is CC(=O)c1cccc(NC(=O)[C@H]2CCCN(S(=O)(=O)c3c(C)noc3/C=C/c3ccco3)C2)c1. The molecule has 2 aromatic heterocycles. The number of furan rings is 1. The van der Waals surface area contributed by atoms with Crippen LogP contribution in [0.25, 0.3) is 12.2 Å². The molecule has 1 aliphatic heterocycles. The Kier molecular flexibility index (Phi) is 6.80. The van der Waals surface area contributed by atoms with E-state index in [9.17, 15) is 18.0 Å². The lowest BCUT2D eigenvalue weighted by Crippen LogP contribution is -2.43. The average molecular weight is 484 g/mol. The maximum Gasteiger partial charge on any atom is 0.248 e. The van der Waals surface area contributed by atoms with Gasteiger partial charge in [0, 0.05) is 24.3 Å². The highest BCUT2D eigenvalue weighted by atomic mass is 32.2. The molecule has 0 bridgehead atoms. The Balaban J connectivity index is 1.52. The largest absolute Gasteiger partial charge is 0.465 e. The second-order valence-electron chi connectivity index (χ2n) is 8.14. The van der Waals surface area contributed by atoms with Gasteiger partial charge in [0.25, 0.3) is 0 Å². The van der Waals surface area contributed by atoms with Gasteiger partial charge in [0.15, 0.2) is 16.4 Å². The van der Waals surface area contributed by atoms with E-state index in [4.69, 9.17) is 8.94 Å². The summed E-state index contributed by atoms with van der Waals surface area (Å²) >= 11 is 0. The van der Waals surface area contributed by atoms with Crippen LogP contribution in [0.4, 0.5) is 5.69 Å². The van der Waals surface area contributed by atoms with Crippen molar-refractivity contribution in [1.29, 1.82) is 0 Å². The molecule has 10 heteroatoms. The highest BCUT2D eigenvalue weighted by Crippen LogP contribution is 2.30. The number of hydrogen-bond acceptors (Lipinski definition) is 7. The lowest BCUT2D eigenvalue weighted by Gasteiger charge is -2.31. The molecule has 0 radical (unpaired) electrons. The fraction of sp³-hybridized carbons (Fsp3) is 0.292. The minimum atomic E-state index is -3.96. The van der Waals surface area contributed by atoms with Crippen LogP contribution < -0.4 is 5.32 Å². The quantitative estimate of drug-likeness (QED) is 0.504. The van der Waals surface area contributed by atoms with Crippen molar-refractivity contribution in [1.82, 2.24) is 9.46 Å². The van der Waals surface area contributed by atoms with Gasteiger partial charge < -0.3 is 14.3 Å². The molecule has 1 aliphatic rings. The molecule has 1 amide bonds. The lowest BCUT2D eigenvalue weighted by atomic mass is 9.98. The number of hydrogen-bond donors (Lipinski definition) is 1. The predicted octanol–water partition coefficient (Wildman–Crippen LogP) is 3.99. The summed E-state index contributed by atoms with van der Waals surface area (Å²) in [6.07, 6.45) is 5.70. The molecule has 3 aromatic rings. The number of amides is 1. The minimum absolute atomic E-state index is 0.0227. The zero-order valence-corrected chi connectivity index (χ0v) is 19.7. The van der Waals surface area contributed by atoms with Gasteiger partial charge in [0.2, 0.25) is 15.9 Å². The van der Waals surface area contributed by atoms with E-state index < -0.39 is 15.9 Å². The zero-order chi connectivity index (χ0) is 24.3. The number of benzene rings is 1. The Morgan fingerprint density at radius 3 is 2.76 bits per heavy atom. The minimum Gasteiger partial charge on any atom is -0.465 e. The van der Waals surface area contributed by atoms with Crippen molar-refractivity contribution in [2.45, 2.75) is 31.6 Å². The molecule has 1 atom stereocenters. The van der Waals surface area contributed by atoms with Crippen molar-refractivity contribution in [2.75, 3.05) is 18.4 Å². The number of aromatic nitrogens is 1. The number of piperidine rings is 1. The maximum absolute atomic E-state index is 13.5. The lowest BCUT2D eigenvalue weighted by molar-refractivity contribution is -0.120. The normalized spacial score (nSPS) is 17.2. The first kappa shape index (κ1) is 23.7. The van der Waals surface area contributed by atoms with Crippen molar-refractivity contribution in [3.63, 3.8) is 0 Å². The number of rotatable bonds is 7. The molecule has 9 nitrogen and oxygen atoms in total. The van der Waals surface area contributed by atoms with E-state index in [1.54, 1.807) is 49.4 Å². The molecule has 1 fully saturated rings. The molecule has 34 heavy (non-hydrogen) atoms. The van der Waals surface area contributed by atoms with E-state index in [2.05, 4.69) is 10.5 Å². The van der Waals surface area contributed by atoms with Crippen LogP contribution in [0.15, 0.2) is 56.5 Å². The van der Waals surface area contributed by atoms with Crippen LogP contribution in [0.1, 0.15) is 47.3 Å². The van der Waals surface area contributed by atoms with Gasteiger partial charge in [-0.2, -0.15) is 4.31 Å². The smallest absolute Gasteiger partial charge is 0.248 e. The Morgan fingerprint density at radius 1 is 1.21 bits per heavy atom. The first-order valence-electron chi connectivity index (χ1n) is 10.9. The Hall–Kier alpha value is -3.50. The van der Waals surface area contributed by atoms with Crippen molar-refractivity contribution in [3.05, 3.63) is 65.4 Å². The maximum atomic E-state index is 13.5. The third kappa shape index (κ3) is 5.02. The molecule has 3 heterocycles. The van der Waals surface area contributed by atoms with Gasteiger partial charge in [-0.1, -0.05) is 17.3 Å². The summed E-state index contributed by atoms with van der Waals surface area (Å²) in [5.41, 5.74) is 1.23. The highest BCUT2D eigenvalue weighted by Gasteiger charge is 2.37. The molecule has 4 rings (SSSR count). The number of aryl methyl sites for hydroxylation is 1. The highest BCUT2D eigenvalue weighted by molar-refractivity contribution is 7.89. The van der Waals surface area contributed by atoms with Crippen molar-refractivity contribution >= 4 is 39.6 Å². The third-order valence-corrected chi connectivity index (χ3v) is 7.69. The van der Waals surface area contributed by atoms with Crippen LogP contribution in [0.3, 0.4) is 0 Å². The van der Waals surface area contributed by atoms with Gasteiger partial charge in [-0.3, -0.25) is 9.59 Å². The predicted molar refractivity (Wildman–Crippen MR) is 125 cm³/mol. The molecular weight excluding hydrogens is 458 g/mol. The van der Waals surface area contributed by atoms with Gasteiger partial charge in [-0.15, -0.1) is 0 Å². The van der Waals surface area contributed by atoms with E-state index in [0.29, 0.717) is 29.9 Å². The van der Waals surface area contributed by atoms with Gasteiger partial charge in [0.05, 0.1) is 12.2 Å². The molecular formula is C24H25N3O6S. The number of carbonyl (C=O) groups excluding carboxylic acids is 2. The molecule has 1 aromatic carbocycles. The summed E-state index contributed by atoms with van der Waals surface area (Å²) in [6, 6.07) is 10.1. The van der Waals surface area contributed by atoms with Gasteiger partial charge >= 0.3 is 0 Å². The second kappa shape index (κ2) is 9.78. The van der Waals surface area contributed by atoms with Crippen LogP contribution in [0, 0.1) is 12.8 Å². The monoisotopic (exact) mass is 483 g/mol. The van der Waals surface area contributed by atoms with Crippen LogP contribution in [0.2, 0.25) is 0 Å². The molecule has 178 valence electrons. The van der Waals surface area contributed by atoms with E-state index in [1.807, 2.05) is 0 Å². The fourth-order valence-electron chi connectivity index (χ4n) is 3.91. The third-order valence-electron chi connectivity index (χ3n) is 5.66. The van der Waals surface area contributed by atoms with Crippen LogP contribution >= 0.6 is 0 Å². The van der Waals surface area contributed by atoms with Gasteiger partial charge in [0.1, 0.15) is 11.5 Å². The van der Waals surface area contributed by atoms with E-state index >= 15 is 0 Å². The average Bonchev–Trinajstić information content (AvgIpc) is 3.47. The summed E-state index contributed by atoms with van der Waals surface area (Å²) < 4.78 is 38.8. The molecule has 0 aliphatic carbocycles. The summed E-state index contributed by atoms with van der Waals surface area (Å²) in [5.74, 6) is -0.290. The molecule has 1 N–H and O–H groups in total. The number of nitrogens with zero attached hydrogens (tertiary/aromatic N) is 2. The van der Waals surface area contributed by atoms with E-state index in [-0.39, 0.29) is 41.1 Å². The topological polar surface area (TPSA) is 123 Å². The molecule has 0 spiro atoms. The van der Waals surface area contributed by atoms with Crippen LogP contribution in [-0.4, -0.2) is 42.7 Å². The number of anilines is 1. The summed E-state index contributed by atoms with van der Waals surface area (Å²) in [4.78, 5) is 24.5. The van der Waals surface area contributed by atoms with Crippen molar-refractivity contribution < 1.29 is 26.9 Å². The van der Waals surface area contributed by atoms with Crippen molar-refractivity contribution in [2.24, 2.45) is 5.92 Å². The van der Waals surface area contributed by atoms with E-state index in [0.717, 1.165) is 0 Å². The second-order valence-corrected chi connectivity index (χ2v) is 10.0. The van der Waals surface area contributed by atoms with Crippen LogP contribution in [-0.2, 0) is 14.8 Å². The number of ketones is 1. The number of nitrogens with one attached hydrogen (secondary N) is 1. The zero-order valence-electron chi connectivity index (χ0n) is 18.9. The van der Waals surface area contributed by atoms with Crippen LogP contribution in [0.5, 0.6) is 0 Å². The van der Waals surface area contributed by atoms with Gasteiger partial charge in [-0.05, 0) is 63.1 Å². The molecule has 0 saturated carbocycles. The summed E-state index contributed by atoms with van der Waals surface area (Å²) in [5, 5.41) is 6.65.